The average molecular weight is 183 g/mol. The quantitative estimate of drug-likeness (QED) is 0.511. The highest BCUT2D eigenvalue weighted by Crippen LogP contribution is 2.17. The highest BCUT2D eigenvalue weighted by Gasteiger charge is 2.21. The molecule has 1 heterocycles. The SMILES string of the molecule is CC(C)CN1CCC(C(=N)N)CC1. The normalized spacial score (nSPS) is 20.8. The van der Waals surface area contributed by atoms with Gasteiger partial charge in [0.15, 0.2) is 0 Å². The number of piperidine rings is 1. The Kier molecular flexibility index (Phi) is 3.72. The Balaban J connectivity index is 2.26. The predicted molar refractivity (Wildman–Crippen MR) is 55.9 cm³/mol. The topological polar surface area (TPSA) is 53.1 Å². The van der Waals surface area contributed by atoms with Gasteiger partial charge in [-0.2, -0.15) is 0 Å². The number of likely N-dealkylation sites (tertiary alicyclic amines) is 1. The first kappa shape index (κ1) is 10.5. The van der Waals surface area contributed by atoms with Crippen molar-refractivity contribution in [2.45, 2.75) is 26.7 Å². The van der Waals surface area contributed by atoms with Gasteiger partial charge in [-0.25, -0.2) is 0 Å². The van der Waals surface area contributed by atoms with Crippen molar-refractivity contribution in [2.75, 3.05) is 19.6 Å². The third-order valence-electron chi connectivity index (χ3n) is 2.65. The van der Waals surface area contributed by atoms with Gasteiger partial charge in [0.1, 0.15) is 0 Å². The Morgan fingerprint density at radius 3 is 2.38 bits per heavy atom. The maximum atomic E-state index is 7.36. The lowest BCUT2D eigenvalue weighted by molar-refractivity contribution is 0.189. The van der Waals surface area contributed by atoms with Crippen LogP contribution in [-0.2, 0) is 0 Å². The first-order valence-corrected chi connectivity index (χ1v) is 5.16. The van der Waals surface area contributed by atoms with Crippen molar-refractivity contribution in [3.63, 3.8) is 0 Å². The smallest absolute Gasteiger partial charge is 0.0937 e. The van der Waals surface area contributed by atoms with Crippen LogP contribution in [-0.4, -0.2) is 30.4 Å². The van der Waals surface area contributed by atoms with Gasteiger partial charge in [-0.05, 0) is 31.8 Å². The monoisotopic (exact) mass is 183 g/mol. The van der Waals surface area contributed by atoms with Gasteiger partial charge in [-0.3, -0.25) is 5.41 Å². The van der Waals surface area contributed by atoms with Gasteiger partial charge in [-0.15, -0.1) is 0 Å². The van der Waals surface area contributed by atoms with Crippen LogP contribution in [0.3, 0.4) is 0 Å². The highest BCUT2D eigenvalue weighted by atomic mass is 15.1. The number of nitrogens with two attached hydrogens (primary N) is 1. The second kappa shape index (κ2) is 4.61. The van der Waals surface area contributed by atoms with E-state index in [9.17, 15) is 0 Å². The van der Waals surface area contributed by atoms with Crippen molar-refractivity contribution in [1.29, 1.82) is 5.41 Å². The number of hydrogen-bond donors (Lipinski definition) is 2. The van der Waals surface area contributed by atoms with Gasteiger partial charge >= 0.3 is 0 Å². The zero-order valence-electron chi connectivity index (χ0n) is 8.71. The summed E-state index contributed by atoms with van der Waals surface area (Å²) in [6, 6.07) is 0. The summed E-state index contributed by atoms with van der Waals surface area (Å²) in [7, 11) is 0. The summed E-state index contributed by atoms with van der Waals surface area (Å²) in [6.07, 6.45) is 2.14. The number of nitrogens with one attached hydrogen (secondary N) is 1. The zero-order chi connectivity index (χ0) is 9.84. The minimum Gasteiger partial charge on any atom is -0.387 e. The molecule has 1 aliphatic heterocycles. The molecular formula is C10H21N3. The van der Waals surface area contributed by atoms with E-state index < -0.39 is 0 Å². The maximum absolute atomic E-state index is 7.36. The minimum atomic E-state index is 0.350. The summed E-state index contributed by atoms with van der Waals surface area (Å²) in [5.74, 6) is 1.47. The van der Waals surface area contributed by atoms with Gasteiger partial charge in [-0.1, -0.05) is 13.8 Å². The van der Waals surface area contributed by atoms with Crippen molar-refractivity contribution in [1.82, 2.24) is 4.90 Å². The van der Waals surface area contributed by atoms with Gasteiger partial charge < -0.3 is 10.6 Å². The van der Waals surface area contributed by atoms with Crippen LogP contribution in [0.2, 0.25) is 0 Å². The van der Waals surface area contributed by atoms with E-state index in [1.807, 2.05) is 0 Å². The highest BCUT2D eigenvalue weighted by molar-refractivity contribution is 5.79. The lowest BCUT2D eigenvalue weighted by Gasteiger charge is -2.32. The van der Waals surface area contributed by atoms with Gasteiger partial charge in [0.2, 0.25) is 0 Å². The van der Waals surface area contributed by atoms with E-state index in [1.54, 1.807) is 0 Å². The summed E-state index contributed by atoms with van der Waals surface area (Å²) in [4.78, 5) is 2.48. The van der Waals surface area contributed by atoms with Gasteiger partial charge in [0.05, 0.1) is 5.84 Å². The molecule has 1 saturated heterocycles. The van der Waals surface area contributed by atoms with Crippen LogP contribution in [0.5, 0.6) is 0 Å². The van der Waals surface area contributed by atoms with Crippen LogP contribution >= 0.6 is 0 Å². The van der Waals surface area contributed by atoms with E-state index in [4.69, 9.17) is 11.1 Å². The lowest BCUT2D eigenvalue weighted by Crippen LogP contribution is -2.39. The molecule has 3 N–H and O–H groups in total. The summed E-state index contributed by atoms with van der Waals surface area (Å²) in [5, 5.41) is 7.36. The van der Waals surface area contributed by atoms with E-state index in [-0.39, 0.29) is 0 Å². The van der Waals surface area contributed by atoms with Crippen molar-refractivity contribution in [2.24, 2.45) is 17.6 Å². The van der Waals surface area contributed by atoms with E-state index in [1.165, 1.54) is 6.54 Å². The molecule has 0 saturated carbocycles. The Hall–Kier alpha value is -0.570. The van der Waals surface area contributed by atoms with Crippen LogP contribution in [0.4, 0.5) is 0 Å². The summed E-state index contributed by atoms with van der Waals surface area (Å²) in [5.41, 5.74) is 5.48. The maximum Gasteiger partial charge on any atom is 0.0937 e. The van der Waals surface area contributed by atoms with Crippen LogP contribution in [0, 0.1) is 17.2 Å². The molecule has 0 aromatic carbocycles. The molecule has 0 aliphatic carbocycles. The van der Waals surface area contributed by atoms with Gasteiger partial charge in [0, 0.05) is 12.5 Å². The molecule has 76 valence electrons. The van der Waals surface area contributed by atoms with E-state index in [0.29, 0.717) is 11.8 Å². The third kappa shape index (κ3) is 3.35. The zero-order valence-corrected chi connectivity index (χ0v) is 8.71. The van der Waals surface area contributed by atoms with Crippen molar-refractivity contribution >= 4 is 5.84 Å². The Labute approximate surface area is 80.8 Å². The fraction of sp³-hybridized carbons (Fsp3) is 0.900. The summed E-state index contributed by atoms with van der Waals surface area (Å²) >= 11 is 0. The van der Waals surface area contributed by atoms with Gasteiger partial charge in [0.25, 0.3) is 0 Å². The molecule has 0 aromatic heterocycles. The number of hydrogen-bond acceptors (Lipinski definition) is 2. The number of nitrogens with zero attached hydrogens (tertiary/aromatic N) is 1. The van der Waals surface area contributed by atoms with Crippen molar-refractivity contribution in [3.05, 3.63) is 0 Å². The predicted octanol–water partition coefficient (Wildman–Crippen LogP) is 1.29. The summed E-state index contributed by atoms with van der Waals surface area (Å²) < 4.78 is 0. The van der Waals surface area contributed by atoms with E-state index in [0.717, 1.165) is 31.8 Å². The van der Waals surface area contributed by atoms with Crippen molar-refractivity contribution < 1.29 is 0 Å². The fourth-order valence-corrected chi connectivity index (χ4v) is 1.94. The molecule has 1 fully saturated rings. The molecule has 3 nitrogen and oxygen atoms in total. The Morgan fingerprint density at radius 1 is 1.46 bits per heavy atom. The summed E-state index contributed by atoms with van der Waals surface area (Å²) in [6.45, 7) is 7.91. The first-order chi connectivity index (χ1) is 6.09. The van der Waals surface area contributed by atoms with E-state index >= 15 is 0 Å². The molecule has 0 bridgehead atoms. The fourth-order valence-electron chi connectivity index (χ4n) is 1.94. The molecule has 1 rings (SSSR count). The minimum absolute atomic E-state index is 0.350. The van der Waals surface area contributed by atoms with Crippen LogP contribution in [0.15, 0.2) is 0 Å². The second-order valence-corrected chi connectivity index (χ2v) is 4.42. The standard InChI is InChI=1S/C10H21N3/c1-8(2)7-13-5-3-9(4-6-13)10(11)12/h8-9H,3-7H2,1-2H3,(H3,11,12). The Morgan fingerprint density at radius 2 is 2.00 bits per heavy atom. The molecule has 1 aliphatic rings. The number of amidine groups is 1. The van der Waals surface area contributed by atoms with Crippen LogP contribution < -0.4 is 5.73 Å². The second-order valence-electron chi connectivity index (χ2n) is 4.42. The molecular weight excluding hydrogens is 162 g/mol. The first-order valence-electron chi connectivity index (χ1n) is 5.16. The molecule has 0 spiro atoms. The molecule has 0 unspecified atom stereocenters. The third-order valence-corrected chi connectivity index (χ3v) is 2.65. The van der Waals surface area contributed by atoms with Crippen molar-refractivity contribution in [3.8, 4) is 0 Å². The van der Waals surface area contributed by atoms with Crippen LogP contribution in [0.25, 0.3) is 0 Å². The molecule has 3 heteroatoms. The molecule has 0 amide bonds. The van der Waals surface area contributed by atoms with E-state index in [2.05, 4.69) is 18.7 Å². The van der Waals surface area contributed by atoms with Crippen LogP contribution in [0.1, 0.15) is 26.7 Å². The molecule has 0 aromatic rings. The largest absolute Gasteiger partial charge is 0.387 e. The molecule has 13 heavy (non-hydrogen) atoms. The average Bonchev–Trinajstić information content (AvgIpc) is 2.04. The Bertz CT molecular complexity index is 169. The molecule has 0 radical (unpaired) electrons. The number of rotatable bonds is 3. The lowest BCUT2D eigenvalue weighted by atomic mass is 9.95. The molecule has 0 atom stereocenters.